The maximum absolute atomic E-state index is 4.67. The Kier molecular flexibility index (Phi) is 3.32. The molecule has 8 heteroatoms. The summed E-state index contributed by atoms with van der Waals surface area (Å²) in [7, 11) is 0. The lowest BCUT2D eigenvalue weighted by molar-refractivity contribution is -0.352. The largest absolute Gasteiger partial charge is 0.349 e. The van der Waals surface area contributed by atoms with Crippen LogP contribution in [0.2, 0.25) is 0 Å². The molecule has 2 fully saturated rings. The second-order valence-electron chi connectivity index (χ2n) is 5.48. The predicted octanol–water partition coefficient (Wildman–Crippen LogP) is -1.41. The van der Waals surface area contributed by atoms with E-state index in [0.717, 1.165) is 75.3 Å². The highest BCUT2D eigenvalue weighted by molar-refractivity contribution is 5.81. The molecule has 2 saturated heterocycles. The lowest BCUT2D eigenvalue weighted by Gasteiger charge is -2.27. The smallest absolute Gasteiger partial charge is 0.337 e. The molecule has 0 spiro atoms. The fourth-order valence-electron chi connectivity index (χ4n) is 2.99. The summed E-state index contributed by atoms with van der Waals surface area (Å²) in [6, 6.07) is 0. The van der Waals surface area contributed by atoms with Gasteiger partial charge in [-0.1, -0.05) is 4.98 Å². The third-order valence-corrected chi connectivity index (χ3v) is 4.15. The summed E-state index contributed by atoms with van der Waals surface area (Å²) in [5.74, 6) is 2.03. The average molecular weight is 289 g/mol. The Hall–Kier alpha value is -1.93. The molecule has 0 aromatic carbocycles. The van der Waals surface area contributed by atoms with Crippen LogP contribution in [0.4, 0.5) is 11.8 Å². The van der Waals surface area contributed by atoms with Gasteiger partial charge in [0.1, 0.15) is 0 Å². The van der Waals surface area contributed by atoms with E-state index in [1.807, 2.05) is 0 Å². The van der Waals surface area contributed by atoms with Gasteiger partial charge in [0.2, 0.25) is 11.5 Å². The van der Waals surface area contributed by atoms with E-state index in [1.54, 1.807) is 6.33 Å². The number of hydrogen-bond donors (Lipinski definition) is 3. The number of rotatable bonds is 2. The van der Waals surface area contributed by atoms with Crippen molar-refractivity contribution in [2.75, 3.05) is 62.2 Å². The number of fused-ring (bicyclic) bond motifs is 1. The van der Waals surface area contributed by atoms with Crippen LogP contribution in [0.15, 0.2) is 6.33 Å². The van der Waals surface area contributed by atoms with Crippen molar-refractivity contribution >= 4 is 22.9 Å². The van der Waals surface area contributed by atoms with Crippen molar-refractivity contribution < 1.29 is 4.98 Å². The Morgan fingerprint density at radius 3 is 2.33 bits per heavy atom. The first kappa shape index (κ1) is 12.8. The van der Waals surface area contributed by atoms with Gasteiger partial charge in [-0.3, -0.25) is 4.90 Å². The quantitative estimate of drug-likeness (QED) is 0.630. The number of H-pyrrole nitrogens is 2. The van der Waals surface area contributed by atoms with Gasteiger partial charge in [-0.2, -0.15) is 0 Å². The van der Waals surface area contributed by atoms with Crippen LogP contribution in [0, 0.1) is 0 Å². The molecule has 0 saturated carbocycles. The number of hydrogen-bond acceptors (Lipinski definition) is 6. The summed E-state index contributed by atoms with van der Waals surface area (Å²) in [5, 5.41) is 6.76. The number of aromatic nitrogens is 4. The summed E-state index contributed by atoms with van der Waals surface area (Å²) in [6.45, 7) is 7.95. The maximum Gasteiger partial charge on any atom is 0.349 e. The molecule has 0 atom stereocenters. The number of piperazine rings is 2. The Balaban J connectivity index is 1.74. The summed E-state index contributed by atoms with van der Waals surface area (Å²) in [6.07, 6.45) is 1.72. The molecule has 2 aliphatic heterocycles. The zero-order valence-corrected chi connectivity index (χ0v) is 12.0. The van der Waals surface area contributed by atoms with E-state index in [1.165, 1.54) is 0 Å². The third-order valence-electron chi connectivity index (χ3n) is 4.15. The minimum absolute atomic E-state index is 0.788. The highest BCUT2D eigenvalue weighted by Crippen LogP contribution is 2.20. The molecule has 0 bridgehead atoms. The van der Waals surface area contributed by atoms with Crippen LogP contribution >= 0.6 is 0 Å². The molecule has 4 N–H and O–H groups in total. The molecule has 0 radical (unpaired) electrons. The van der Waals surface area contributed by atoms with Crippen molar-refractivity contribution in [3.05, 3.63) is 6.33 Å². The Bertz CT molecular complexity index is 612. The van der Waals surface area contributed by atoms with E-state index in [9.17, 15) is 0 Å². The molecular formula is C13H21N8+. The van der Waals surface area contributed by atoms with Crippen LogP contribution in [0.3, 0.4) is 0 Å². The monoisotopic (exact) mass is 289 g/mol. The van der Waals surface area contributed by atoms with Gasteiger partial charge in [0.25, 0.3) is 0 Å². The van der Waals surface area contributed by atoms with Crippen molar-refractivity contribution in [1.82, 2.24) is 25.6 Å². The zero-order chi connectivity index (χ0) is 14.1. The average Bonchev–Trinajstić information content (AvgIpc) is 3.04. The molecule has 112 valence electrons. The number of nitrogens with zero attached hydrogens (tertiary/aromatic N) is 4. The standard InChI is InChI=1S/C13H20N8/c1-5-20(6-2-14-1)12-10-11(17-9-16-10)18-13(19-12)21-7-3-15-4-8-21/h9,14-15H,1-8H2,(H,16,17,18,19)/p+1. The molecule has 8 nitrogen and oxygen atoms in total. The van der Waals surface area contributed by atoms with Gasteiger partial charge in [-0.15, -0.1) is 0 Å². The van der Waals surface area contributed by atoms with Gasteiger partial charge in [0.15, 0.2) is 5.52 Å². The van der Waals surface area contributed by atoms with Gasteiger partial charge in [0, 0.05) is 26.2 Å². The van der Waals surface area contributed by atoms with Gasteiger partial charge in [-0.25, -0.2) is 9.97 Å². The van der Waals surface area contributed by atoms with E-state index >= 15 is 0 Å². The van der Waals surface area contributed by atoms with Gasteiger partial charge in [-0.05, 0) is 0 Å². The summed E-state index contributed by atoms with van der Waals surface area (Å²) < 4.78 is 0. The molecule has 21 heavy (non-hydrogen) atoms. The SMILES string of the molecule is c1nc2nc(N3CCNCC3)[nH+]c(N3CCNCC3)c2[nH]1. The first-order valence-electron chi connectivity index (χ1n) is 7.59. The summed E-state index contributed by atoms with van der Waals surface area (Å²) >= 11 is 0. The van der Waals surface area contributed by atoms with Crippen LogP contribution in [0.5, 0.6) is 0 Å². The van der Waals surface area contributed by atoms with Crippen molar-refractivity contribution in [3.8, 4) is 0 Å². The second kappa shape index (κ2) is 5.45. The fourth-order valence-corrected chi connectivity index (χ4v) is 2.99. The molecule has 0 amide bonds. The Labute approximate surface area is 123 Å². The molecule has 4 rings (SSSR count). The van der Waals surface area contributed by atoms with E-state index in [2.05, 4.69) is 40.4 Å². The molecular weight excluding hydrogens is 268 g/mol. The van der Waals surface area contributed by atoms with Crippen LogP contribution < -0.4 is 25.4 Å². The highest BCUT2D eigenvalue weighted by atomic mass is 15.3. The van der Waals surface area contributed by atoms with Crippen LogP contribution in [-0.4, -0.2) is 67.3 Å². The van der Waals surface area contributed by atoms with Crippen molar-refractivity contribution in [1.29, 1.82) is 0 Å². The van der Waals surface area contributed by atoms with Crippen LogP contribution in [0.25, 0.3) is 11.2 Å². The maximum atomic E-state index is 4.67. The first-order valence-corrected chi connectivity index (χ1v) is 7.59. The number of nitrogens with one attached hydrogen (secondary N) is 4. The molecule has 2 aliphatic rings. The topological polar surface area (TPSA) is 86.2 Å². The van der Waals surface area contributed by atoms with E-state index in [0.29, 0.717) is 0 Å². The van der Waals surface area contributed by atoms with E-state index in [-0.39, 0.29) is 0 Å². The molecule has 0 unspecified atom stereocenters. The molecule has 4 heterocycles. The molecule has 2 aromatic heterocycles. The molecule has 0 aliphatic carbocycles. The lowest BCUT2D eigenvalue weighted by Crippen LogP contribution is -2.48. The van der Waals surface area contributed by atoms with Crippen molar-refractivity contribution in [3.63, 3.8) is 0 Å². The normalized spacial score (nSPS) is 20.2. The number of aromatic amines is 2. The van der Waals surface area contributed by atoms with Crippen molar-refractivity contribution in [2.24, 2.45) is 0 Å². The second-order valence-corrected chi connectivity index (χ2v) is 5.48. The lowest BCUT2D eigenvalue weighted by atomic mass is 10.3. The minimum Gasteiger partial charge on any atom is -0.337 e. The highest BCUT2D eigenvalue weighted by Gasteiger charge is 2.26. The van der Waals surface area contributed by atoms with E-state index < -0.39 is 0 Å². The minimum atomic E-state index is 0.788. The van der Waals surface area contributed by atoms with Gasteiger partial charge < -0.3 is 20.5 Å². The van der Waals surface area contributed by atoms with Crippen LogP contribution in [0.1, 0.15) is 0 Å². The molecule has 2 aromatic rings. The van der Waals surface area contributed by atoms with Crippen molar-refractivity contribution in [2.45, 2.75) is 0 Å². The van der Waals surface area contributed by atoms with Crippen LogP contribution in [-0.2, 0) is 0 Å². The first-order chi connectivity index (χ1) is 10.4. The Morgan fingerprint density at radius 1 is 0.952 bits per heavy atom. The number of imidazole rings is 1. The van der Waals surface area contributed by atoms with Gasteiger partial charge in [0.05, 0.1) is 32.5 Å². The third kappa shape index (κ3) is 2.40. The number of anilines is 2. The summed E-state index contributed by atoms with van der Waals surface area (Å²) in [4.78, 5) is 20.4. The predicted molar refractivity (Wildman–Crippen MR) is 80.6 cm³/mol. The zero-order valence-electron chi connectivity index (χ0n) is 12.0. The fraction of sp³-hybridized carbons (Fsp3) is 0.615. The Morgan fingerprint density at radius 2 is 1.62 bits per heavy atom. The van der Waals surface area contributed by atoms with E-state index in [4.69, 9.17) is 0 Å². The summed E-state index contributed by atoms with van der Waals surface area (Å²) in [5.41, 5.74) is 1.78. The van der Waals surface area contributed by atoms with Gasteiger partial charge >= 0.3 is 5.95 Å².